The molecule has 0 aliphatic heterocycles. The van der Waals surface area contributed by atoms with Gasteiger partial charge in [0.25, 0.3) is 0 Å². The SMILES string of the molecule is Cc1ccc2nc(NC(=O)C[C@@](C)(O)C3CC3)n(C(C)(C)C)c2n1. The van der Waals surface area contributed by atoms with Crippen LogP contribution in [-0.4, -0.2) is 31.1 Å². The molecular formula is C18H26N4O2. The molecule has 2 aromatic heterocycles. The Balaban J connectivity index is 1.92. The first-order valence-electron chi connectivity index (χ1n) is 8.47. The number of aliphatic hydroxyl groups is 1. The third-order valence-corrected chi connectivity index (χ3v) is 4.54. The largest absolute Gasteiger partial charge is 0.389 e. The number of imidazole rings is 1. The smallest absolute Gasteiger partial charge is 0.229 e. The van der Waals surface area contributed by atoms with Gasteiger partial charge in [0.05, 0.1) is 12.0 Å². The van der Waals surface area contributed by atoms with E-state index in [0.717, 1.165) is 29.7 Å². The normalized spacial score (nSPS) is 17.8. The van der Waals surface area contributed by atoms with Crippen molar-refractivity contribution in [1.82, 2.24) is 14.5 Å². The lowest BCUT2D eigenvalue weighted by atomic mass is 9.96. The van der Waals surface area contributed by atoms with Crippen LogP contribution in [0.1, 0.15) is 52.7 Å². The van der Waals surface area contributed by atoms with Crippen molar-refractivity contribution in [2.24, 2.45) is 5.92 Å². The van der Waals surface area contributed by atoms with Gasteiger partial charge in [-0.2, -0.15) is 0 Å². The highest BCUT2D eigenvalue weighted by atomic mass is 16.3. The molecule has 1 aliphatic rings. The van der Waals surface area contributed by atoms with E-state index in [2.05, 4.69) is 15.3 Å². The van der Waals surface area contributed by atoms with Crippen molar-refractivity contribution < 1.29 is 9.90 Å². The minimum atomic E-state index is -0.947. The van der Waals surface area contributed by atoms with Crippen molar-refractivity contribution in [3.05, 3.63) is 17.8 Å². The van der Waals surface area contributed by atoms with Crippen LogP contribution in [0.3, 0.4) is 0 Å². The molecule has 2 heterocycles. The summed E-state index contributed by atoms with van der Waals surface area (Å²) >= 11 is 0. The number of aryl methyl sites for hydroxylation is 1. The Morgan fingerprint density at radius 3 is 2.54 bits per heavy atom. The van der Waals surface area contributed by atoms with E-state index in [1.54, 1.807) is 6.92 Å². The first-order valence-corrected chi connectivity index (χ1v) is 8.47. The second kappa shape index (κ2) is 5.55. The summed E-state index contributed by atoms with van der Waals surface area (Å²) in [5.74, 6) is 0.491. The standard InChI is InChI=1S/C18H26N4O2/c1-11-6-9-13-15(19-11)22(17(2,3)4)16(20-13)21-14(23)10-18(5,24)12-7-8-12/h6,9,12,24H,7-8,10H2,1-5H3,(H,20,21,23)/t18-/m1/s1. The number of rotatable bonds is 4. The van der Waals surface area contributed by atoms with Crippen LogP contribution in [0, 0.1) is 12.8 Å². The summed E-state index contributed by atoms with van der Waals surface area (Å²) in [5.41, 5.74) is 1.18. The third kappa shape index (κ3) is 3.29. The van der Waals surface area contributed by atoms with Gasteiger partial charge in [-0.05, 0) is 65.5 Å². The molecule has 1 saturated carbocycles. The zero-order valence-corrected chi connectivity index (χ0v) is 15.1. The fourth-order valence-corrected chi connectivity index (χ4v) is 3.11. The topological polar surface area (TPSA) is 80.0 Å². The van der Waals surface area contributed by atoms with Gasteiger partial charge in [-0.25, -0.2) is 9.97 Å². The van der Waals surface area contributed by atoms with E-state index < -0.39 is 5.60 Å². The fourth-order valence-electron chi connectivity index (χ4n) is 3.11. The highest BCUT2D eigenvalue weighted by Crippen LogP contribution is 2.41. The van der Waals surface area contributed by atoms with E-state index in [-0.39, 0.29) is 23.8 Å². The highest BCUT2D eigenvalue weighted by Gasteiger charge is 2.41. The lowest BCUT2D eigenvalue weighted by Gasteiger charge is -2.25. The predicted molar refractivity (Wildman–Crippen MR) is 93.9 cm³/mol. The van der Waals surface area contributed by atoms with E-state index in [4.69, 9.17) is 0 Å². The van der Waals surface area contributed by atoms with Crippen LogP contribution in [0.2, 0.25) is 0 Å². The van der Waals surface area contributed by atoms with Gasteiger partial charge in [0, 0.05) is 11.2 Å². The molecule has 130 valence electrons. The molecule has 0 saturated heterocycles. The number of pyridine rings is 1. The molecule has 0 spiro atoms. The van der Waals surface area contributed by atoms with Crippen molar-refractivity contribution in [1.29, 1.82) is 0 Å². The van der Waals surface area contributed by atoms with Crippen LogP contribution in [0.25, 0.3) is 11.2 Å². The Morgan fingerprint density at radius 2 is 1.96 bits per heavy atom. The van der Waals surface area contributed by atoms with Crippen LogP contribution in [0.15, 0.2) is 12.1 Å². The number of amides is 1. The second-order valence-corrected chi connectivity index (χ2v) is 8.09. The molecule has 0 radical (unpaired) electrons. The van der Waals surface area contributed by atoms with E-state index in [9.17, 15) is 9.90 Å². The number of nitrogens with zero attached hydrogens (tertiary/aromatic N) is 3. The zero-order chi connectivity index (χ0) is 17.7. The van der Waals surface area contributed by atoms with Gasteiger partial charge in [0.2, 0.25) is 11.9 Å². The summed E-state index contributed by atoms with van der Waals surface area (Å²) in [6.45, 7) is 9.82. The lowest BCUT2D eigenvalue weighted by Crippen LogP contribution is -2.34. The van der Waals surface area contributed by atoms with Gasteiger partial charge in [0.15, 0.2) is 5.65 Å². The maximum absolute atomic E-state index is 12.4. The highest BCUT2D eigenvalue weighted by molar-refractivity contribution is 5.91. The number of anilines is 1. The quantitative estimate of drug-likeness (QED) is 0.903. The third-order valence-electron chi connectivity index (χ3n) is 4.54. The maximum atomic E-state index is 12.4. The number of hydrogen-bond donors (Lipinski definition) is 2. The minimum absolute atomic E-state index is 0.0808. The van der Waals surface area contributed by atoms with Crippen molar-refractivity contribution in [3.8, 4) is 0 Å². The zero-order valence-electron chi connectivity index (χ0n) is 15.1. The average Bonchev–Trinajstić information content (AvgIpc) is 3.20. The summed E-state index contributed by atoms with van der Waals surface area (Å²) in [5, 5.41) is 13.3. The maximum Gasteiger partial charge on any atom is 0.229 e. The molecule has 2 aromatic rings. The van der Waals surface area contributed by atoms with E-state index >= 15 is 0 Å². The minimum Gasteiger partial charge on any atom is -0.389 e. The molecule has 6 heteroatoms. The van der Waals surface area contributed by atoms with E-state index in [1.165, 1.54) is 0 Å². The number of fused-ring (bicyclic) bond motifs is 1. The average molecular weight is 330 g/mol. The lowest BCUT2D eigenvalue weighted by molar-refractivity contribution is -0.121. The summed E-state index contributed by atoms with van der Waals surface area (Å²) in [6.07, 6.45) is 2.06. The van der Waals surface area contributed by atoms with Gasteiger partial charge in [-0.1, -0.05) is 0 Å². The number of hydrogen-bond acceptors (Lipinski definition) is 4. The van der Waals surface area contributed by atoms with Crippen molar-refractivity contribution >= 4 is 23.0 Å². The number of carbonyl (C=O) groups is 1. The van der Waals surface area contributed by atoms with Crippen LogP contribution in [0.5, 0.6) is 0 Å². The summed E-state index contributed by atoms with van der Waals surface area (Å²) in [6, 6.07) is 3.82. The molecule has 24 heavy (non-hydrogen) atoms. The number of aromatic nitrogens is 3. The molecule has 1 fully saturated rings. The Morgan fingerprint density at radius 1 is 1.29 bits per heavy atom. The molecule has 1 aliphatic carbocycles. The van der Waals surface area contributed by atoms with Crippen LogP contribution in [-0.2, 0) is 10.3 Å². The summed E-state index contributed by atoms with van der Waals surface area (Å²) in [7, 11) is 0. The van der Waals surface area contributed by atoms with E-state index in [1.807, 2.05) is 44.4 Å². The van der Waals surface area contributed by atoms with Gasteiger partial charge in [0.1, 0.15) is 5.52 Å². The predicted octanol–water partition coefficient (Wildman–Crippen LogP) is 2.98. The summed E-state index contributed by atoms with van der Waals surface area (Å²) < 4.78 is 1.94. The Hall–Kier alpha value is -1.95. The fraction of sp³-hybridized carbons (Fsp3) is 0.611. The first-order chi connectivity index (χ1) is 11.1. The van der Waals surface area contributed by atoms with Crippen LogP contribution >= 0.6 is 0 Å². The van der Waals surface area contributed by atoms with E-state index in [0.29, 0.717) is 5.95 Å². The van der Waals surface area contributed by atoms with Crippen LogP contribution < -0.4 is 5.32 Å². The Labute approximate surface area is 142 Å². The number of nitrogens with one attached hydrogen (secondary N) is 1. The molecule has 0 aromatic carbocycles. The number of carbonyl (C=O) groups excluding carboxylic acids is 1. The second-order valence-electron chi connectivity index (χ2n) is 8.09. The molecule has 1 atom stereocenters. The first kappa shape index (κ1) is 16.9. The Bertz CT molecular complexity index is 782. The molecule has 1 amide bonds. The van der Waals surface area contributed by atoms with Gasteiger partial charge < -0.3 is 5.11 Å². The van der Waals surface area contributed by atoms with Crippen molar-refractivity contribution in [2.45, 2.75) is 65.0 Å². The van der Waals surface area contributed by atoms with Gasteiger partial charge >= 0.3 is 0 Å². The monoisotopic (exact) mass is 330 g/mol. The van der Waals surface area contributed by atoms with Crippen molar-refractivity contribution in [3.63, 3.8) is 0 Å². The molecule has 0 bridgehead atoms. The molecule has 0 unspecified atom stereocenters. The molecule has 3 rings (SSSR count). The van der Waals surface area contributed by atoms with Crippen LogP contribution in [0.4, 0.5) is 5.95 Å². The van der Waals surface area contributed by atoms with Gasteiger partial charge in [-0.15, -0.1) is 0 Å². The molecular weight excluding hydrogens is 304 g/mol. The summed E-state index contributed by atoms with van der Waals surface area (Å²) in [4.78, 5) is 21.6. The van der Waals surface area contributed by atoms with Crippen molar-refractivity contribution in [2.75, 3.05) is 5.32 Å². The Kier molecular flexibility index (Phi) is 3.91. The van der Waals surface area contributed by atoms with Gasteiger partial charge in [-0.3, -0.25) is 14.7 Å². The molecule has 2 N–H and O–H groups in total. The molecule has 6 nitrogen and oxygen atoms in total.